The van der Waals surface area contributed by atoms with E-state index in [2.05, 4.69) is 10.6 Å². The molecule has 3 aromatic carbocycles. The molecule has 4 amide bonds. The summed E-state index contributed by atoms with van der Waals surface area (Å²) < 4.78 is 5.82. The molecule has 0 heterocycles. The van der Waals surface area contributed by atoms with Crippen molar-refractivity contribution in [3.05, 3.63) is 83.9 Å². The molecule has 0 saturated carbocycles. The Labute approximate surface area is 321 Å². The van der Waals surface area contributed by atoms with Gasteiger partial charge >= 0.3 is 6.09 Å². The minimum Gasteiger partial charge on any atom is -0.444 e. The van der Waals surface area contributed by atoms with Crippen LogP contribution in [0.4, 0.5) is 4.79 Å². The molecule has 0 aliphatic heterocycles. The number of carbonyl (C=O) groups is 4. The van der Waals surface area contributed by atoms with Crippen molar-refractivity contribution in [1.29, 1.82) is 0 Å². The van der Waals surface area contributed by atoms with Gasteiger partial charge in [0.05, 0.1) is 24.3 Å². The number of ether oxygens (including phenoxy) is 1. The second-order valence-corrected chi connectivity index (χ2v) is 15.4. The number of rotatable bonds is 20. The average molecular weight is 747 g/mol. The Morgan fingerprint density at radius 1 is 0.833 bits per heavy atom. The van der Waals surface area contributed by atoms with E-state index in [4.69, 9.17) is 10.5 Å². The van der Waals surface area contributed by atoms with Crippen molar-refractivity contribution in [2.75, 3.05) is 6.54 Å². The monoisotopic (exact) mass is 746 g/mol. The van der Waals surface area contributed by atoms with Crippen LogP contribution < -0.4 is 16.4 Å². The molecule has 0 bridgehead atoms. The highest BCUT2D eigenvalue weighted by atomic mass is 16.6. The SMILES string of the molecule is CCCC[C@](C(=O)N[C@@H](CC(C)C)[C@@H](O)CC(CC(C)O)C(=O)NCC(C)C)(c1cccc2ccccc12)N(C(=O)OCc1ccccc1)C(=O)[C@H](C)N. The van der Waals surface area contributed by atoms with E-state index in [1.807, 2.05) is 83.1 Å². The first-order chi connectivity index (χ1) is 25.6. The van der Waals surface area contributed by atoms with Gasteiger partial charge in [-0.1, -0.05) is 120 Å². The van der Waals surface area contributed by atoms with Gasteiger partial charge in [-0.15, -0.1) is 0 Å². The fourth-order valence-corrected chi connectivity index (χ4v) is 6.88. The number of aliphatic hydroxyl groups excluding tert-OH is 2. The average Bonchev–Trinajstić information content (AvgIpc) is 3.13. The van der Waals surface area contributed by atoms with Crippen LogP contribution in [0.1, 0.15) is 98.1 Å². The predicted octanol–water partition coefficient (Wildman–Crippen LogP) is 6.18. The van der Waals surface area contributed by atoms with E-state index in [1.165, 1.54) is 6.92 Å². The second kappa shape index (κ2) is 21.0. The van der Waals surface area contributed by atoms with Crippen LogP contribution >= 0.6 is 0 Å². The molecule has 0 aromatic heterocycles. The van der Waals surface area contributed by atoms with Gasteiger partial charge in [-0.05, 0) is 73.3 Å². The maximum absolute atomic E-state index is 15.4. The number of hydrogen-bond donors (Lipinski definition) is 5. The van der Waals surface area contributed by atoms with Crippen molar-refractivity contribution in [3.63, 3.8) is 0 Å². The fourth-order valence-electron chi connectivity index (χ4n) is 6.88. The predicted molar refractivity (Wildman–Crippen MR) is 212 cm³/mol. The highest BCUT2D eigenvalue weighted by Gasteiger charge is 2.53. The summed E-state index contributed by atoms with van der Waals surface area (Å²) in [7, 11) is 0. The number of fused-ring (bicyclic) bond motifs is 1. The van der Waals surface area contributed by atoms with Crippen LogP contribution in [0.25, 0.3) is 10.8 Å². The topological polar surface area (TPSA) is 171 Å². The van der Waals surface area contributed by atoms with Crippen LogP contribution in [0, 0.1) is 17.8 Å². The molecular formula is C43H62N4O7. The maximum Gasteiger partial charge on any atom is 0.418 e. The van der Waals surface area contributed by atoms with Crippen LogP contribution in [0.5, 0.6) is 0 Å². The van der Waals surface area contributed by atoms with Crippen molar-refractivity contribution in [1.82, 2.24) is 15.5 Å². The summed E-state index contributed by atoms with van der Waals surface area (Å²) in [6.45, 7) is 13.2. The van der Waals surface area contributed by atoms with Crippen molar-refractivity contribution in [3.8, 4) is 0 Å². The van der Waals surface area contributed by atoms with Gasteiger partial charge in [0, 0.05) is 12.5 Å². The molecule has 3 aromatic rings. The summed E-state index contributed by atoms with van der Waals surface area (Å²) in [4.78, 5) is 58.4. The molecule has 6 N–H and O–H groups in total. The summed E-state index contributed by atoms with van der Waals surface area (Å²) in [6.07, 6.45) is -1.55. The van der Waals surface area contributed by atoms with Crippen molar-refractivity contribution < 1.29 is 34.1 Å². The van der Waals surface area contributed by atoms with Crippen LogP contribution in [0.3, 0.4) is 0 Å². The first-order valence-corrected chi connectivity index (χ1v) is 19.4. The Balaban J connectivity index is 2.23. The molecule has 0 aliphatic carbocycles. The van der Waals surface area contributed by atoms with Crippen LogP contribution in [0.2, 0.25) is 0 Å². The number of unbranched alkanes of at least 4 members (excludes halogenated alkanes) is 1. The van der Waals surface area contributed by atoms with Crippen molar-refractivity contribution >= 4 is 34.6 Å². The molecule has 3 rings (SSSR count). The van der Waals surface area contributed by atoms with Gasteiger partial charge < -0.3 is 31.3 Å². The summed E-state index contributed by atoms with van der Waals surface area (Å²) >= 11 is 0. The lowest BCUT2D eigenvalue weighted by Gasteiger charge is -2.43. The first kappa shape index (κ1) is 44.1. The number of carbonyl (C=O) groups excluding carboxylic acids is 4. The number of aliphatic hydroxyl groups is 2. The van der Waals surface area contributed by atoms with E-state index in [-0.39, 0.29) is 43.6 Å². The van der Waals surface area contributed by atoms with Gasteiger partial charge in [0.15, 0.2) is 5.54 Å². The highest BCUT2D eigenvalue weighted by Crippen LogP contribution is 2.40. The van der Waals surface area contributed by atoms with Gasteiger partial charge in [0.25, 0.3) is 5.91 Å². The smallest absolute Gasteiger partial charge is 0.418 e. The zero-order chi connectivity index (χ0) is 40.0. The maximum atomic E-state index is 15.4. The molecule has 296 valence electrons. The zero-order valence-corrected chi connectivity index (χ0v) is 33.1. The second-order valence-electron chi connectivity index (χ2n) is 15.4. The van der Waals surface area contributed by atoms with E-state index < -0.39 is 53.7 Å². The third kappa shape index (κ3) is 11.8. The van der Waals surface area contributed by atoms with Crippen LogP contribution in [0.15, 0.2) is 72.8 Å². The summed E-state index contributed by atoms with van der Waals surface area (Å²) in [5.41, 5.74) is 5.39. The Kier molecular flexibility index (Phi) is 17.1. The quantitative estimate of drug-likeness (QED) is 0.0913. The number of nitrogens with two attached hydrogens (primary N) is 1. The van der Waals surface area contributed by atoms with E-state index in [9.17, 15) is 24.6 Å². The van der Waals surface area contributed by atoms with Crippen molar-refractivity contribution in [2.24, 2.45) is 23.5 Å². The molecule has 6 atom stereocenters. The summed E-state index contributed by atoms with van der Waals surface area (Å²) in [5, 5.41) is 29.6. The van der Waals surface area contributed by atoms with Gasteiger partial charge in [0.1, 0.15) is 6.61 Å². The third-order valence-electron chi connectivity index (χ3n) is 9.60. The van der Waals surface area contributed by atoms with E-state index in [1.54, 1.807) is 31.2 Å². The molecule has 0 fully saturated rings. The highest BCUT2D eigenvalue weighted by molar-refractivity contribution is 6.05. The number of benzene rings is 3. The molecule has 0 saturated heterocycles. The van der Waals surface area contributed by atoms with E-state index in [0.717, 1.165) is 10.3 Å². The Bertz CT molecular complexity index is 1660. The van der Waals surface area contributed by atoms with E-state index >= 15 is 4.79 Å². The molecule has 0 aliphatic rings. The molecule has 11 nitrogen and oxygen atoms in total. The number of nitrogens with zero attached hydrogens (tertiary/aromatic N) is 1. The molecule has 11 heteroatoms. The molecule has 0 spiro atoms. The molecule has 0 radical (unpaired) electrons. The minimum atomic E-state index is -1.96. The van der Waals surface area contributed by atoms with Gasteiger partial charge in [-0.25, -0.2) is 9.69 Å². The summed E-state index contributed by atoms with van der Waals surface area (Å²) in [5.74, 6) is -2.31. The normalized spacial score (nSPS) is 15.5. The molecule has 54 heavy (non-hydrogen) atoms. The number of imide groups is 1. The summed E-state index contributed by atoms with van der Waals surface area (Å²) in [6, 6.07) is 19.8. The largest absolute Gasteiger partial charge is 0.444 e. The zero-order valence-electron chi connectivity index (χ0n) is 33.1. The van der Waals surface area contributed by atoms with Gasteiger partial charge in [-0.2, -0.15) is 0 Å². The Morgan fingerprint density at radius 3 is 2.09 bits per heavy atom. The fraction of sp³-hybridized carbons (Fsp3) is 0.535. The lowest BCUT2D eigenvalue weighted by Crippen LogP contribution is -2.64. The van der Waals surface area contributed by atoms with Crippen LogP contribution in [-0.4, -0.2) is 69.8 Å². The number of nitrogens with one attached hydrogen (secondary N) is 2. The lowest BCUT2D eigenvalue weighted by atomic mass is 9.78. The number of hydrogen-bond acceptors (Lipinski definition) is 8. The van der Waals surface area contributed by atoms with E-state index in [0.29, 0.717) is 42.3 Å². The van der Waals surface area contributed by atoms with Crippen molar-refractivity contribution in [2.45, 2.75) is 123 Å². The van der Waals surface area contributed by atoms with Crippen LogP contribution in [-0.2, 0) is 31.3 Å². The molecular weight excluding hydrogens is 684 g/mol. The Morgan fingerprint density at radius 2 is 1.48 bits per heavy atom. The van der Waals surface area contributed by atoms with Gasteiger partial charge in [0.2, 0.25) is 11.8 Å². The Hall–Kier alpha value is -4.32. The number of amides is 4. The molecule has 2 unspecified atom stereocenters. The third-order valence-corrected chi connectivity index (χ3v) is 9.60. The standard InChI is InChI=1S/C43H62N4O7/c1-8-9-22-43(36-21-15-19-33-18-13-14-20-35(33)36,47(40(51)31(7)44)42(53)54-27-32-16-11-10-12-17-32)41(52)46-37(23-28(2)3)38(49)25-34(24-30(6)48)39(50)45-26-29(4)5/h10-21,28-31,34,37-38,48-49H,8-9,22-27,44H2,1-7H3,(H,45,50)(H,46,52)/t30?,31-,34?,37-,38-,43+/m0/s1. The first-order valence-electron chi connectivity index (χ1n) is 19.4. The van der Waals surface area contributed by atoms with Gasteiger partial charge in [-0.3, -0.25) is 14.4 Å². The lowest BCUT2D eigenvalue weighted by molar-refractivity contribution is -0.149. The minimum absolute atomic E-state index is 0.00448.